The van der Waals surface area contributed by atoms with Gasteiger partial charge < -0.3 is 13.3 Å². The van der Waals surface area contributed by atoms with Gasteiger partial charge in [-0.1, -0.05) is 84.6 Å². The van der Waals surface area contributed by atoms with Crippen molar-refractivity contribution in [3.05, 3.63) is 12.7 Å². The van der Waals surface area contributed by atoms with E-state index in [1.807, 2.05) is 6.08 Å². The first-order valence-electron chi connectivity index (χ1n) is 10.8. The molecule has 0 bridgehead atoms. The van der Waals surface area contributed by atoms with Gasteiger partial charge in [0, 0.05) is 25.9 Å². The third kappa shape index (κ3) is 14.7. The summed E-state index contributed by atoms with van der Waals surface area (Å²) in [6, 6.07) is 0.725. The zero-order chi connectivity index (χ0) is 18.6. The lowest BCUT2D eigenvalue weighted by Crippen LogP contribution is -2.46. The van der Waals surface area contributed by atoms with Crippen molar-refractivity contribution in [2.24, 2.45) is 0 Å². The Hall–Kier alpha value is -0.163. The van der Waals surface area contributed by atoms with Gasteiger partial charge in [0.15, 0.2) is 0 Å². The molecule has 0 unspecified atom stereocenters. The molecule has 150 valence electrons. The minimum atomic E-state index is -2.59. The molecular formula is C21H44O3Si. The first-order valence-corrected chi connectivity index (χ1v) is 12.7. The summed E-state index contributed by atoms with van der Waals surface area (Å²) in [5.41, 5.74) is 0. The molecule has 0 aromatic heterocycles. The van der Waals surface area contributed by atoms with E-state index < -0.39 is 8.80 Å². The van der Waals surface area contributed by atoms with Crippen molar-refractivity contribution in [3.63, 3.8) is 0 Å². The van der Waals surface area contributed by atoms with Crippen LogP contribution in [-0.4, -0.2) is 28.6 Å². The van der Waals surface area contributed by atoms with Crippen molar-refractivity contribution in [3.8, 4) is 0 Å². The molecule has 0 aromatic rings. The molecule has 0 amide bonds. The van der Waals surface area contributed by atoms with Crippen molar-refractivity contribution in [1.82, 2.24) is 0 Å². The molecule has 0 saturated carbocycles. The van der Waals surface area contributed by atoms with Crippen LogP contribution in [-0.2, 0) is 13.3 Å². The standard InChI is InChI=1S/C21H44O3Si/c1-5-9-12-15-18-22-25(21-8-4,23-19-16-13-10-6-2)24-20-17-14-11-7-3/h8H,4-7,9-21H2,1-3H3. The van der Waals surface area contributed by atoms with E-state index in [1.54, 1.807) is 0 Å². The maximum atomic E-state index is 6.25. The SMILES string of the molecule is C=CC[Si](OCCCCCC)(OCCCCCC)OCCCCCC. The Labute approximate surface area is 158 Å². The Morgan fingerprint density at radius 1 is 0.600 bits per heavy atom. The molecule has 0 N–H and O–H groups in total. The molecule has 0 spiro atoms. The fourth-order valence-electron chi connectivity index (χ4n) is 2.75. The van der Waals surface area contributed by atoms with Crippen molar-refractivity contribution in [1.29, 1.82) is 0 Å². The molecule has 0 aliphatic carbocycles. The minimum absolute atomic E-state index is 0.725. The van der Waals surface area contributed by atoms with Crippen LogP contribution in [0.25, 0.3) is 0 Å². The Morgan fingerprint density at radius 3 is 1.24 bits per heavy atom. The quantitative estimate of drug-likeness (QED) is 0.132. The summed E-state index contributed by atoms with van der Waals surface area (Å²) in [6.45, 7) is 12.9. The molecule has 0 aliphatic heterocycles. The summed E-state index contributed by atoms with van der Waals surface area (Å²) in [7, 11) is -2.59. The number of hydrogen-bond donors (Lipinski definition) is 0. The summed E-state index contributed by atoms with van der Waals surface area (Å²) in [5, 5.41) is 0. The van der Waals surface area contributed by atoms with Gasteiger partial charge in [0.25, 0.3) is 0 Å². The van der Waals surface area contributed by atoms with E-state index in [9.17, 15) is 0 Å². The Kier molecular flexibility index (Phi) is 18.5. The van der Waals surface area contributed by atoms with Gasteiger partial charge in [-0.3, -0.25) is 0 Å². The second-order valence-electron chi connectivity index (χ2n) is 6.90. The molecule has 0 saturated heterocycles. The zero-order valence-electron chi connectivity index (χ0n) is 17.3. The van der Waals surface area contributed by atoms with Gasteiger partial charge in [0.2, 0.25) is 0 Å². The van der Waals surface area contributed by atoms with Crippen LogP contribution in [0.1, 0.15) is 97.8 Å². The van der Waals surface area contributed by atoms with Gasteiger partial charge in [-0.25, -0.2) is 0 Å². The van der Waals surface area contributed by atoms with Crippen LogP contribution in [0.15, 0.2) is 12.7 Å². The lowest BCUT2D eigenvalue weighted by molar-refractivity contribution is 0.0580. The van der Waals surface area contributed by atoms with Crippen molar-refractivity contribution in [2.45, 2.75) is 104 Å². The lowest BCUT2D eigenvalue weighted by Gasteiger charge is -2.29. The van der Waals surface area contributed by atoms with Crippen LogP contribution in [0.5, 0.6) is 0 Å². The average Bonchev–Trinajstić information content (AvgIpc) is 2.61. The summed E-state index contributed by atoms with van der Waals surface area (Å²) in [6.07, 6.45) is 16.4. The topological polar surface area (TPSA) is 27.7 Å². The zero-order valence-corrected chi connectivity index (χ0v) is 18.3. The van der Waals surface area contributed by atoms with Crippen LogP contribution < -0.4 is 0 Å². The maximum Gasteiger partial charge on any atom is 0.504 e. The number of allylic oxidation sites excluding steroid dienone is 1. The van der Waals surface area contributed by atoms with E-state index in [0.717, 1.165) is 45.1 Å². The molecule has 3 nitrogen and oxygen atoms in total. The summed E-state index contributed by atoms with van der Waals surface area (Å²) >= 11 is 0. The summed E-state index contributed by atoms with van der Waals surface area (Å²) in [5.74, 6) is 0. The van der Waals surface area contributed by atoms with Gasteiger partial charge >= 0.3 is 8.80 Å². The number of unbranched alkanes of at least 4 members (excludes halogenated alkanes) is 9. The summed E-state index contributed by atoms with van der Waals surface area (Å²) in [4.78, 5) is 0. The van der Waals surface area contributed by atoms with Gasteiger partial charge in [0.05, 0.1) is 0 Å². The second-order valence-corrected chi connectivity index (χ2v) is 9.54. The van der Waals surface area contributed by atoms with Crippen LogP contribution in [0.3, 0.4) is 0 Å². The highest BCUT2D eigenvalue weighted by atomic mass is 28.4. The highest BCUT2D eigenvalue weighted by Crippen LogP contribution is 2.19. The Balaban J connectivity index is 4.42. The maximum absolute atomic E-state index is 6.25. The molecule has 0 heterocycles. The van der Waals surface area contributed by atoms with E-state index in [4.69, 9.17) is 13.3 Å². The molecule has 25 heavy (non-hydrogen) atoms. The van der Waals surface area contributed by atoms with Crippen molar-refractivity contribution in [2.75, 3.05) is 19.8 Å². The average molecular weight is 373 g/mol. The van der Waals surface area contributed by atoms with E-state index in [0.29, 0.717) is 0 Å². The molecule has 0 rings (SSSR count). The van der Waals surface area contributed by atoms with Gasteiger partial charge in [-0.15, -0.1) is 6.58 Å². The van der Waals surface area contributed by atoms with E-state index in [2.05, 4.69) is 27.4 Å². The number of rotatable bonds is 20. The third-order valence-electron chi connectivity index (χ3n) is 4.35. The van der Waals surface area contributed by atoms with Crippen molar-refractivity contribution >= 4 is 8.80 Å². The molecule has 0 fully saturated rings. The van der Waals surface area contributed by atoms with E-state index in [1.165, 1.54) is 57.8 Å². The molecule has 0 atom stereocenters. The Morgan fingerprint density at radius 2 is 0.960 bits per heavy atom. The largest absolute Gasteiger partial charge is 0.504 e. The van der Waals surface area contributed by atoms with Crippen LogP contribution in [0.4, 0.5) is 0 Å². The van der Waals surface area contributed by atoms with Crippen molar-refractivity contribution < 1.29 is 13.3 Å². The molecule has 0 aromatic carbocycles. The van der Waals surface area contributed by atoms with Crippen LogP contribution in [0.2, 0.25) is 6.04 Å². The summed E-state index contributed by atoms with van der Waals surface area (Å²) < 4.78 is 18.8. The fraction of sp³-hybridized carbons (Fsp3) is 0.905. The normalized spacial score (nSPS) is 11.8. The van der Waals surface area contributed by atoms with E-state index >= 15 is 0 Å². The lowest BCUT2D eigenvalue weighted by atomic mass is 10.2. The number of hydrogen-bond acceptors (Lipinski definition) is 3. The van der Waals surface area contributed by atoms with Crippen LogP contribution in [0, 0.1) is 0 Å². The minimum Gasteiger partial charge on any atom is -0.373 e. The first kappa shape index (κ1) is 24.8. The van der Waals surface area contributed by atoms with Crippen LogP contribution >= 0.6 is 0 Å². The van der Waals surface area contributed by atoms with Gasteiger partial charge in [0.1, 0.15) is 0 Å². The predicted molar refractivity (Wildman–Crippen MR) is 111 cm³/mol. The first-order chi connectivity index (χ1) is 12.2. The van der Waals surface area contributed by atoms with Gasteiger partial charge in [-0.05, 0) is 19.3 Å². The molecule has 0 radical (unpaired) electrons. The Bertz CT molecular complexity index is 248. The highest BCUT2D eigenvalue weighted by Gasteiger charge is 2.39. The fourth-order valence-corrected chi connectivity index (χ4v) is 5.07. The predicted octanol–water partition coefficient (Wildman–Crippen LogP) is 6.90. The third-order valence-corrected chi connectivity index (χ3v) is 7.07. The second kappa shape index (κ2) is 18.6. The van der Waals surface area contributed by atoms with E-state index in [-0.39, 0.29) is 0 Å². The molecular weight excluding hydrogens is 328 g/mol. The highest BCUT2D eigenvalue weighted by molar-refractivity contribution is 6.61. The smallest absolute Gasteiger partial charge is 0.373 e. The molecule has 4 heteroatoms. The molecule has 0 aliphatic rings. The monoisotopic (exact) mass is 372 g/mol. The van der Waals surface area contributed by atoms with Gasteiger partial charge in [-0.2, -0.15) is 0 Å².